The Morgan fingerprint density at radius 1 is 1.08 bits per heavy atom. The van der Waals surface area contributed by atoms with Crippen molar-refractivity contribution in [1.29, 1.82) is 0 Å². The van der Waals surface area contributed by atoms with Gasteiger partial charge in [-0.1, -0.05) is 75.4 Å². The van der Waals surface area contributed by atoms with Crippen molar-refractivity contribution in [2.45, 2.75) is 57.3 Å². The van der Waals surface area contributed by atoms with Gasteiger partial charge < -0.3 is 4.74 Å². The lowest BCUT2D eigenvalue weighted by molar-refractivity contribution is -0.158. The van der Waals surface area contributed by atoms with Crippen molar-refractivity contribution < 1.29 is 18.3 Å². The fraction of sp³-hybridized carbons (Fsp3) is 0.550. The van der Waals surface area contributed by atoms with Gasteiger partial charge in [-0.3, -0.25) is 4.79 Å². The molecular formula is C20H26F2O2. The van der Waals surface area contributed by atoms with Gasteiger partial charge in [0.15, 0.2) is 0 Å². The van der Waals surface area contributed by atoms with E-state index in [4.69, 9.17) is 4.74 Å². The van der Waals surface area contributed by atoms with Crippen LogP contribution in [0.25, 0.3) is 0 Å². The molecule has 0 heterocycles. The molecule has 2 nitrogen and oxygen atoms in total. The van der Waals surface area contributed by atoms with Crippen LogP contribution in [0.3, 0.4) is 0 Å². The van der Waals surface area contributed by atoms with Crippen molar-refractivity contribution in [3.8, 4) is 0 Å². The zero-order valence-electron chi connectivity index (χ0n) is 14.2. The molecule has 24 heavy (non-hydrogen) atoms. The molecule has 2 unspecified atom stereocenters. The van der Waals surface area contributed by atoms with Crippen LogP contribution in [0.15, 0.2) is 42.5 Å². The number of hydrogen-bond donors (Lipinski definition) is 0. The molecule has 0 radical (unpaired) electrons. The highest BCUT2D eigenvalue weighted by molar-refractivity contribution is 5.77. The van der Waals surface area contributed by atoms with Gasteiger partial charge in [0.1, 0.15) is 5.92 Å². The third kappa shape index (κ3) is 4.89. The molecule has 0 amide bonds. The number of unbranched alkanes of at least 4 members (excludes halogenated alkanes) is 5. The molecule has 2 atom stereocenters. The van der Waals surface area contributed by atoms with Crippen LogP contribution < -0.4 is 0 Å². The molecule has 0 N–H and O–H groups in total. The summed E-state index contributed by atoms with van der Waals surface area (Å²) in [6.07, 6.45) is 8.61. The lowest BCUT2D eigenvalue weighted by Crippen LogP contribution is -2.34. The van der Waals surface area contributed by atoms with Gasteiger partial charge in [0.25, 0.3) is 5.92 Å². The first-order valence-electron chi connectivity index (χ1n) is 8.85. The maximum absolute atomic E-state index is 14.1. The van der Waals surface area contributed by atoms with E-state index in [1.807, 2.05) is 6.07 Å². The fourth-order valence-electron chi connectivity index (χ4n) is 3.11. The van der Waals surface area contributed by atoms with Gasteiger partial charge in [-0.2, -0.15) is 0 Å². The summed E-state index contributed by atoms with van der Waals surface area (Å²) in [5, 5.41) is 0. The van der Waals surface area contributed by atoms with Crippen LogP contribution in [0.4, 0.5) is 8.78 Å². The summed E-state index contributed by atoms with van der Waals surface area (Å²) < 4.78 is 33.4. The SMILES string of the molecule is CCCCCCCCOC(=O)C1C(c2ccccc2)C=CC1(F)F. The van der Waals surface area contributed by atoms with Gasteiger partial charge in [-0.25, -0.2) is 8.78 Å². The van der Waals surface area contributed by atoms with Crippen LogP contribution in [-0.2, 0) is 9.53 Å². The number of benzene rings is 1. The van der Waals surface area contributed by atoms with E-state index in [9.17, 15) is 13.6 Å². The minimum absolute atomic E-state index is 0.221. The van der Waals surface area contributed by atoms with Gasteiger partial charge in [-0.05, 0) is 18.1 Å². The number of carbonyl (C=O) groups is 1. The van der Waals surface area contributed by atoms with E-state index in [-0.39, 0.29) is 6.61 Å². The lowest BCUT2D eigenvalue weighted by Gasteiger charge is -2.23. The quantitative estimate of drug-likeness (QED) is 0.338. The highest BCUT2D eigenvalue weighted by Crippen LogP contribution is 2.44. The maximum Gasteiger partial charge on any atom is 0.316 e. The van der Waals surface area contributed by atoms with Gasteiger partial charge in [0.2, 0.25) is 0 Å². The summed E-state index contributed by atoms with van der Waals surface area (Å²) in [5.74, 6) is -6.04. The number of esters is 1. The summed E-state index contributed by atoms with van der Waals surface area (Å²) >= 11 is 0. The molecule has 2 rings (SSSR count). The summed E-state index contributed by atoms with van der Waals surface area (Å²) in [5.41, 5.74) is 0.715. The zero-order valence-corrected chi connectivity index (χ0v) is 14.2. The first-order valence-corrected chi connectivity index (χ1v) is 8.85. The highest BCUT2D eigenvalue weighted by atomic mass is 19.3. The molecule has 0 fully saturated rings. The molecule has 0 aliphatic heterocycles. The molecule has 0 bridgehead atoms. The molecule has 1 aliphatic carbocycles. The summed E-state index contributed by atoms with van der Waals surface area (Å²) in [6.45, 7) is 2.37. The van der Waals surface area contributed by atoms with E-state index >= 15 is 0 Å². The molecule has 1 aromatic carbocycles. The van der Waals surface area contributed by atoms with Crippen molar-refractivity contribution in [3.63, 3.8) is 0 Å². The predicted molar refractivity (Wildman–Crippen MR) is 91.1 cm³/mol. The van der Waals surface area contributed by atoms with Crippen LogP contribution in [0.2, 0.25) is 0 Å². The Morgan fingerprint density at radius 2 is 1.75 bits per heavy atom. The number of hydrogen-bond acceptors (Lipinski definition) is 2. The van der Waals surface area contributed by atoms with Gasteiger partial charge in [-0.15, -0.1) is 0 Å². The van der Waals surface area contributed by atoms with Crippen molar-refractivity contribution >= 4 is 5.97 Å². The molecule has 4 heteroatoms. The first kappa shape index (κ1) is 18.6. The number of carbonyl (C=O) groups excluding carboxylic acids is 1. The zero-order chi connectivity index (χ0) is 17.4. The Balaban J connectivity index is 1.86. The van der Waals surface area contributed by atoms with Gasteiger partial charge in [0.05, 0.1) is 6.61 Å². The lowest BCUT2D eigenvalue weighted by atomic mass is 9.87. The van der Waals surface area contributed by atoms with E-state index in [1.54, 1.807) is 24.3 Å². The average molecular weight is 336 g/mol. The number of ether oxygens (including phenoxy) is 1. The summed E-state index contributed by atoms with van der Waals surface area (Å²) in [7, 11) is 0. The molecule has 0 aromatic heterocycles. The second kappa shape index (κ2) is 8.95. The minimum atomic E-state index is -3.15. The number of halogens is 2. The topological polar surface area (TPSA) is 26.3 Å². The van der Waals surface area contributed by atoms with Gasteiger partial charge in [0, 0.05) is 5.92 Å². The summed E-state index contributed by atoms with van der Waals surface area (Å²) in [6, 6.07) is 8.94. The predicted octanol–water partition coefficient (Wildman–Crippen LogP) is 5.50. The Hall–Kier alpha value is -1.71. The van der Waals surface area contributed by atoms with Gasteiger partial charge >= 0.3 is 5.97 Å². The van der Waals surface area contributed by atoms with E-state index in [2.05, 4.69) is 6.92 Å². The largest absolute Gasteiger partial charge is 0.465 e. The van der Waals surface area contributed by atoms with Crippen LogP contribution in [0.1, 0.15) is 56.9 Å². The van der Waals surface area contributed by atoms with Crippen LogP contribution in [0, 0.1) is 5.92 Å². The standard InChI is InChI=1S/C20H26F2O2/c1-2-3-4-5-6-10-15-24-19(23)18-17(13-14-20(18,21)22)16-11-8-7-9-12-16/h7-9,11-14,17-18H,2-6,10,15H2,1H3. The third-order valence-electron chi connectivity index (χ3n) is 4.48. The molecule has 132 valence electrons. The van der Waals surface area contributed by atoms with Crippen LogP contribution >= 0.6 is 0 Å². The number of rotatable bonds is 9. The summed E-state index contributed by atoms with van der Waals surface area (Å²) in [4.78, 5) is 12.2. The Labute approximate surface area is 142 Å². The van der Waals surface area contributed by atoms with Crippen LogP contribution in [-0.4, -0.2) is 18.5 Å². The molecule has 1 aromatic rings. The monoisotopic (exact) mass is 336 g/mol. The smallest absolute Gasteiger partial charge is 0.316 e. The number of allylic oxidation sites excluding steroid dienone is 2. The molecular weight excluding hydrogens is 310 g/mol. The second-order valence-electron chi connectivity index (χ2n) is 6.38. The van der Waals surface area contributed by atoms with Crippen molar-refractivity contribution in [1.82, 2.24) is 0 Å². The minimum Gasteiger partial charge on any atom is -0.465 e. The van der Waals surface area contributed by atoms with Crippen LogP contribution in [0.5, 0.6) is 0 Å². The van der Waals surface area contributed by atoms with Crippen molar-refractivity contribution in [3.05, 3.63) is 48.0 Å². The molecule has 0 spiro atoms. The van der Waals surface area contributed by atoms with E-state index < -0.39 is 23.7 Å². The fourth-order valence-corrected chi connectivity index (χ4v) is 3.11. The van der Waals surface area contributed by atoms with Crippen molar-refractivity contribution in [2.75, 3.05) is 6.61 Å². The van der Waals surface area contributed by atoms with E-state index in [0.29, 0.717) is 5.56 Å². The number of alkyl halides is 2. The normalized spacial score (nSPS) is 21.8. The molecule has 0 saturated heterocycles. The second-order valence-corrected chi connectivity index (χ2v) is 6.38. The van der Waals surface area contributed by atoms with E-state index in [1.165, 1.54) is 25.3 Å². The van der Waals surface area contributed by atoms with Crippen molar-refractivity contribution in [2.24, 2.45) is 5.92 Å². The highest BCUT2D eigenvalue weighted by Gasteiger charge is 2.51. The average Bonchev–Trinajstić information content (AvgIpc) is 2.90. The Kier molecular flexibility index (Phi) is 6.95. The third-order valence-corrected chi connectivity index (χ3v) is 4.48. The maximum atomic E-state index is 14.1. The Bertz CT molecular complexity index is 540. The molecule has 1 aliphatic rings. The van der Waals surface area contributed by atoms with E-state index in [0.717, 1.165) is 25.3 Å². The Morgan fingerprint density at radius 3 is 2.46 bits per heavy atom. The molecule has 0 saturated carbocycles. The first-order chi connectivity index (χ1) is 11.6.